The Morgan fingerprint density at radius 1 is 1.13 bits per heavy atom. The van der Waals surface area contributed by atoms with E-state index in [0.29, 0.717) is 11.7 Å². The van der Waals surface area contributed by atoms with Gasteiger partial charge in [0.2, 0.25) is 0 Å². The third kappa shape index (κ3) is 3.76. The van der Waals surface area contributed by atoms with Crippen LogP contribution >= 0.6 is 12.2 Å². The maximum atomic E-state index is 5.23. The summed E-state index contributed by atoms with van der Waals surface area (Å²) in [6.45, 7) is 2.71. The van der Waals surface area contributed by atoms with Gasteiger partial charge in [-0.3, -0.25) is 5.43 Å². The average molecular weight is 322 g/mol. The lowest BCUT2D eigenvalue weighted by atomic mass is 10.1. The molecule has 23 heavy (non-hydrogen) atoms. The highest BCUT2D eigenvalue weighted by atomic mass is 32.1. The van der Waals surface area contributed by atoms with Gasteiger partial charge in [-0.05, 0) is 30.8 Å². The van der Waals surface area contributed by atoms with Gasteiger partial charge < -0.3 is 10.3 Å². The Kier molecular flexibility index (Phi) is 4.68. The number of nitrogens with one attached hydrogen (secondary N) is 3. The second kappa shape index (κ2) is 7.07. The number of benzene rings is 2. The van der Waals surface area contributed by atoms with Crippen LogP contribution < -0.4 is 10.7 Å². The molecular formula is C18H18N4S. The molecule has 0 aliphatic rings. The molecule has 0 aliphatic carbocycles. The molecule has 0 fully saturated rings. The van der Waals surface area contributed by atoms with Gasteiger partial charge in [0.25, 0.3) is 0 Å². The predicted octanol–water partition coefficient (Wildman–Crippen LogP) is 3.47. The quantitative estimate of drug-likeness (QED) is 0.392. The number of hydrogen-bond donors (Lipinski definition) is 3. The van der Waals surface area contributed by atoms with Crippen molar-refractivity contribution in [3.63, 3.8) is 0 Å². The van der Waals surface area contributed by atoms with Crippen LogP contribution in [0, 0.1) is 6.92 Å². The first-order chi connectivity index (χ1) is 11.2. The summed E-state index contributed by atoms with van der Waals surface area (Å²) in [5.41, 5.74) is 7.29. The molecule has 0 amide bonds. The van der Waals surface area contributed by atoms with Crippen LogP contribution in [0.1, 0.15) is 16.8 Å². The van der Waals surface area contributed by atoms with Gasteiger partial charge >= 0.3 is 0 Å². The zero-order chi connectivity index (χ0) is 16.1. The number of rotatable bonds is 4. The van der Waals surface area contributed by atoms with Crippen LogP contribution in [0.4, 0.5) is 0 Å². The predicted molar refractivity (Wildman–Crippen MR) is 99.6 cm³/mol. The Labute approximate surface area is 140 Å². The van der Waals surface area contributed by atoms with E-state index >= 15 is 0 Å². The van der Waals surface area contributed by atoms with Crippen molar-refractivity contribution < 1.29 is 0 Å². The van der Waals surface area contributed by atoms with Crippen LogP contribution in [-0.2, 0) is 6.54 Å². The lowest BCUT2D eigenvalue weighted by molar-refractivity contribution is 0.869. The van der Waals surface area contributed by atoms with E-state index in [1.165, 1.54) is 5.56 Å². The molecule has 3 N–H and O–H groups in total. The summed E-state index contributed by atoms with van der Waals surface area (Å²) in [7, 11) is 0. The molecule has 5 heteroatoms. The monoisotopic (exact) mass is 322 g/mol. The summed E-state index contributed by atoms with van der Waals surface area (Å²) in [6, 6.07) is 18.3. The van der Waals surface area contributed by atoms with Crippen LogP contribution in [0.5, 0.6) is 0 Å². The first-order valence-corrected chi connectivity index (χ1v) is 7.83. The van der Waals surface area contributed by atoms with E-state index in [1.54, 1.807) is 6.21 Å². The van der Waals surface area contributed by atoms with E-state index in [0.717, 1.165) is 22.2 Å². The van der Waals surface area contributed by atoms with E-state index in [2.05, 4.69) is 33.0 Å². The van der Waals surface area contributed by atoms with E-state index in [9.17, 15) is 0 Å². The number of fused-ring (bicyclic) bond motifs is 1. The topological polar surface area (TPSA) is 52.2 Å². The maximum Gasteiger partial charge on any atom is 0.187 e. The van der Waals surface area contributed by atoms with E-state index in [4.69, 9.17) is 12.2 Å². The minimum atomic E-state index is 0.502. The normalized spacial score (nSPS) is 11.0. The molecule has 4 nitrogen and oxygen atoms in total. The van der Waals surface area contributed by atoms with E-state index in [1.807, 2.05) is 49.4 Å². The fourth-order valence-electron chi connectivity index (χ4n) is 2.44. The highest BCUT2D eigenvalue weighted by Crippen LogP contribution is 2.19. The first-order valence-electron chi connectivity index (χ1n) is 7.42. The first kappa shape index (κ1) is 15.2. The van der Waals surface area contributed by atoms with Gasteiger partial charge in [-0.15, -0.1) is 0 Å². The highest BCUT2D eigenvalue weighted by molar-refractivity contribution is 7.80. The molecule has 1 heterocycles. The lowest BCUT2D eigenvalue weighted by Gasteiger charge is -2.06. The number of thiocarbonyl (C=S) groups is 1. The van der Waals surface area contributed by atoms with Crippen LogP contribution in [0.25, 0.3) is 10.9 Å². The molecule has 1 aromatic heterocycles. The van der Waals surface area contributed by atoms with Gasteiger partial charge in [-0.2, -0.15) is 5.10 Å². The summed E-state index contributed by atoms with van der Waals surface area (Å²) < 4.78 is 0. The molecule has 116 valence electrons. The molecular weight excluding hydrogens is 304 g/mol. The number of hydrogen-bond acceptors (Lipinski definition) is 2. The highest BCUT2D eigenvalue weighted by Gasteiger charge is 2.05. The number of aromatic amines is 1. The second-order valence-electron chi connectivity index (χ2n) is 5.25. The third-order valence-electron chi connectivity index (χ3n) is 3.60. The molecule has 3 aromatic rings. The summed E-state index contributed by atoms with van der Waals surface area (Å²) in [6.07, 6.45) is 1.80. The van der Waals surface area contributed by atoms with Crippen LogP contribution in [-0.4, -0.2) is 16.3 Å². The van der Waals surface area contributed by atoms with Crippen molar-refractivity contribution in [2.45, 2.75) is 13.5 Å². The van der Waals surface area contributed by atoms with Crippen molar-refractivity contribution in [1.29, 1.82) is 0 Å². The molecule has 0 aliphatic heterocycles. The molecule has 3 rings (SSSR count). The van der Waals surface area contributed by atoms with Crippen LogP contribution in [0.15, 0.2) is 59.7 Å². The fraction of sp³-hybridized carbons (Fsp3) is 0.111. The van der Waals surface area contributed by atoms with Crippen molar-refractivity contribution in [2.75, 3.05) is 0 Å². The molecule has 0 spiro atoms. The molecule has 0 bridgehead atoms. The number of para-hydroxylation sites is 1. The number of aryl methyl sites for hydroxylation is 1. The minimum absolute atomic E-state index is 0.502. The Morgan fingerprint density at radius 3 is 2.70 bits per heavy atom. The number of H-pyrrole nitrogens is 1. The summed E-state index contributed by atoms with van der Waals surface area (Å²) in [4.78, 5) is 3.34. The minimum Gasteiger partial charge on any atom is -0.358 e. The molecule has 0 saturated heterocycles. The van der Waals surface area contributed by atoms with Gasteiger partial charge in [0, 0.05) is 28.7 Å². The van der Waals surface area contributed by atoms with Crippen molar-refractivity contribution >= 4 is 34.4 Å². The zero-order valence-corrected chi connectivity index (χ0v) is 13.7. The van der Waals surface area contributed by atoms with Crippen molar-refractivity contribution in [1.82, 2.24) is 15.7 Å². The van der Waals surface area contributed by atoms with E-state index in [-0.39, 0.29) is 0 Å². The molecule has 0 saturated carbocycles. The van der Waals surface area contributed by atoms with Crippen molar-refractivity contribution in [3.8, 4) is 0 Å². The second-order valence-corrected chi connectivity index (χ2v) is 5.66. The largest absolute Gasteiger partial charge is 0.358 e. The smallest absolute Gasteiger partial charge is 0.187 e. The van der Waals surface area contributed by atoms with Gasteiger partial charge in [0.05, 0.1) is 6.21 Å². The van der Waals surface area contributed by atoms with Gasteiger partial charge in [0.15, 0.2) is 5.11 Å². The third-order valence-corrected chi connectivity index (χ3v) is 3.83. The number of nitrogens with zero attached hydrogens (tertiary/aromatic N) is 1. The fourth-order valence-corrected chi connectivity index (χ4v) is 2.56. The van der Waals surface area contributed by atoms with Crippen LogP contribution in [0.2, 0.25) is 0 Å². The van der Waals surface area contributed by atoms with Crippen LogP contribution in [0.3, 0.4) is 0 Å². The lowest BCUT2D eigenvalue weighted by Crippen LogP contribution is -2.31. The Hall–Kier alpha value is -2.66. The molecule has 0 unspecified atom stereocenters. The summed E-state index contributed by atoms with van der Waals surface area (Å²) >= 11 is 5.23. The molecule has 2 aromatic carbocycles. The summed E-state index contributed by atoms with van der Waals surface area (Å²) in [5.74, 6) is 0. The Morgan fingerprint density at radius 2 is 1.87 bits per heavy atom. The molecule has 0 atom stereocenters. The maximum absolute atomic E-state index is 5.23. The average Bonchev–Trinajstić information content (AvgIpc) is 2.90. The number of aromatic nitrogens is 1. The number of hydrazone groups is 1. The van der Waals surface area contributed by atoms with Crippen molar-refractivity contribution in [2.24, 2.45) is 5.10 Å². The van der Waals surface area contributed by atoms with Gasteiger partial charge in [-0.1, -0.05) is 48.5 Å². The molecule has 0 radical (unpaired) electrons. The Bertz CT molecular complexity index is 837. The van der Waals surface area contributed by atoms with Gasteiger partial charge in [-0.25, -0.2) is 0 Å². The standard InChI is InChI=1S/C18H18N4S/c1-13-16(15-9-5-6-10-17(15)21-13)12-20-22-18(23)19-11-14-7-3-2-4-8-14/h2-10,12,21H,11H2,1H3,(H2,19,22,23)/b20-12-. The van der Waals surface area contributed by atoms with E-state index < -0.39 is 0 Å². The SMILES string of the molecule is Cc1[nH]c2ccccc2c1/C=N\NC(=S)NCc1ccccc1. The van der Waals surface area contributed by atoms with Gasteiger partial charge in [0.1, 0.15) is 0 Å². The Balaban J connectivity index is 1.60. The summed E-state index contributed by atoms with van der Waals surface area (Å²) in [5, 5.41) is 9.02. The van der Waals surface area contributed by atoms with Crippen molar-refractivity contribution in [3.05, 3.63) is 71.4 Å². The zero-order valence-electron chi connectivity index (χ0n) is 12.8.